The molecule has 0 fully saturated rings. The zero-order valence-electron chi connectivity index (χ0n) is 21.5. The number of ketones is 1. The van der Waals surface area contributed by atoms with E-state index in [0.29, 0.717) is 17.7 Å². The average Bonchev–Trinajstić information content (AvgIpc) is 3.29. The summed E-state index contributed by atoms with van der Waals surface area (Å²) in [6.07, 6.45) is 12.7. The van der Waals surface area contributed by atoms with Crippen molar-refractivity contribution in [2.24, 2.45) is 0 Å². The van der Waals surface area contributed by atoms with E-state index in [0.717, 1.165) is 42.6 Å². The summed E-state index contributed by atoms with van der Waals surface area (Å²) in [6.45, 7) is 0.702. The Morgan fingerprint density at radius 2 is 1.45 bits per heavy atom. The quantitative estimate of drug-likeness (QED) is 0.116. The maximum absolute atomic E-state index is 12.2. The molecule has 2 amide bonds. The van der Waals surface area contributed by atoms with E-state index >= 15 is 0 Å². The summed E-state index contributed by atoms with van der Waals surface area (Å²) in [6, 6.07) is 25.0. The molecule has 0 bridgehead atoms. The molecule has 1 aliphatic rings. The van der Waals surface area contributed by atoms with Crippen LogP contribution in [0.1, 0.15) is 65.6 Å². The maximum atomic E-state index is 12.2. The van der Waals surface area contributed by atoms with Crippen LogP contribution in [0, 0.1) is 0 Å². The van der Waals surface area contributed by atoms with Crippen molar-refractivity contribution in [2.45, 2.75) is 44.9 Å². The number of benzene rings is 3. The highest BCUT2D eigenvalue weighted by molar-refractivity contribution is 6.33. The lowest BCUT2D eigenvalue weighted by atomic mass is 10.0. The van der Waals surface area contributed by atoms with E-state index in [-0.39, 0.29) is 17.6 Å². The minimum absolute atomic E-state index is 0.00596. The summed E-state index contributed by atoms with van der Waals surface area (Å²) in [5.74, 6) is 0.164. The Labute approximate surface area is 224 Å². The smallest absolute Gasteiger partial charge is 0.258 e. The first-order valence-electron chi connectivity index (χ1n) is 13.3. The zero-order chi connectivity index (χ0) is 26.6. The average molecular weight is 508 g/mol. The predicted molar refractivity (Wildman–Crippen MR) is 151 cm³/mol. The first-order chi connectivity index (χ1) is 18.6. The molecule has 1 N–H and O–H groups in total. The van der Waals surface area contributed by atoms with Crippen molar-refractivity contribution in [3.05, 3.63) is 113 Å². The van der Waals surface area contributed by atoms with Gasteiger partial charge in [-0.15, -0.1) is 0 Å². The lowest BCUT2D eigenvalue weighted by Crippen LogP contribution is -2.21. The van der Waals surface area contributed by atoms with Gasteiger partial charge < -0.3 is 4.74 Å². The number of ether oxygens (including phenoxy) is 1. The SMILES string of the molecule is O=C1C=C(c2ccc(CCCCCCCCOc3ccc(C=CC(=O)c4ccccc4)cc3)cc2)C(=O)N1. The van der Waals surface area contributed by atoms with Gasteiger partial charge in [0.25, 0.3) is 11.8 Å². The number of carbonyl (C=O) groups is 3. The number of unbranched alkanes of at least 4 members (excludes halogenated alkanes) is 5. The molecule has 38 heavy (non-hydrogen) atoms. The molecule has 0 aliphatic carbocycles. The molecule has 4 rings (SSSR count). The highest BCUT2D eigenvalue weighted by Crippen LogP contribution is 2.20. The maximum Gasteiger partial charge on any atom is 0.258 e. The van der Waals surface area contributed by atoms with Crippen LogP contribution in [-0.4, -0.2) is 24.2 Å². The van der Waals surface area contributed by atoms with Crippen LogP contribution < -0.4 is 10.1 Å². The van der Waals surface area contributed by atoms with Crippen molar-refractivity contribution >= 4 is 29.2 Å². The van der Waals surface area contributed by atoms with Crippen molar-refractivity contribution in [1.29, 1.82) is 0 Å². The lowest BCUT2D eigenvalue weighted by molar-refractivity contribution is -0.123. The Morgan fingerprint density at radius 3 is 2.13 bits per heavy atom. The standard InChI is InChI=1S/C33H33NO4/c35-31(28-11-7-5-8-12-28)22-17-26-15-20-29(21-16-26)38-23-9-4-2-1-3-6-10-25-13-18-27(19-14-25)30-24-32(36)34-33(30)37/h5,7-8,11-22,24H,1-4,6,9-10,23H2,(H,34,36,37). The zero-order valence-corrected chi connectivity index (χ0v) is 21.5. The molecule has 1 heterocycles. The van der Waals surface area contributed by atoms with Gasteiger partial charge in [-0.25, -0.2) is 0 Å². The van der Waals surface area contributed by atoms with E-state index in [1.165, 1.54) is 30.9 Å². The monoisotopic (exact) mass is 507 g/mol. The van der Waals surface area contributed by atoms with Crippen LogP contribution in [0.2, 0.25) is 0 Å². The molecule has 0 radical (unpaired) electrons. The number of hydrogen-bond donors (Lipinski definition) is 1. The van der Waals surface area contributed by atoms with E-state index in [1.807, 2.05) is 84.9 Å². The number of amides is 2. The van der Waals surface area contributed by atoms with Crippen LogP contribution in [0.15, 0.2) is 91.0 Å². The van der Waals surface area contributed by atoms with Gasteiger partial charge in [0.2, 0.25) is 0 Å². The topological polar surface area (TPSA) is 72.5 Å². The van der Waals surface area contributed by atoms with E-state index in [4.69, 9.17) is 4.74 Å². The first kappa shape index (κ1) is 26.8. The van der Waals surface area contributed by atoms with Gasteiger partial charge in [-0.2, -0.15) is 0 Å². The summed E-state index contributed by atoms with van der Waals surface area (Å²) in [4.78, 5) is 35.2. The Hall–Kier alpha value is -4.25. The molecule has 0 aromatic heterocycles. The minimum Gasteiger partial charge on any atom is -0.494 e. The van der Waals surface area contributed by atoms with Crippen LogP contribution >= 0.6 is 0 Å². The van der Waals surface area contributed by atoms with Crippen molar-refractivity contribution in [1.82, 2.24) is 5.32 Å². The van der Waals surface area contributed by atoms with E-state index in [9.17, 15) is 14.4 Å². The molecular formula is C33H33NO4. The van der Waals surface area contributed by atoms with E-state index in [2.05, 4.69) is 5.32 Å². The normalized spacial score (nSPS) is 13.0. The van der Waals surface area contributed by atoms with Gasteiger partial charge in [0.15, 0.2) is 5.78 Å². The third kappa shape index (κ3) is 8.13. The minimum atomic E-state index is -0.350. The Morgan fingerprint density at radius 1 is 0.763 bits per heavy atom. The predicted octanol–water partition coefficient (Wildman–Crippen LogP) is 6.58. The number of nitrogens with one attached hydrogen (secondary N) is 1. The Balaban J connectivity index is 1.05. The summed E-state index contributed by atoms with van der Waals surface area (Å²) >= 11 is 0. The van der Waals surface area contributed by atoms with Crippen LogP contribution in [0.4, 0.5) is 0 Å². The number of carbonyl (C=O) groups excluding carboxylic acids is 3. The highest BCUT2D eigenvalue weighted by atomic mass is 16.5. The van der Waals surface area contributed by atoms with E-state index in [1.54, 1.807) is 6.08 Å². The van der Waals surface area contributed by atoms with Crippen LogP contribution in [0.3, 0.4) is 0 Å². The molecular weight excluding hydrogens is 474 g/mol. The number of hydrogen-bond acceptors (Lipinski definition) is 4. The number of imide groups is 1. The summed E-state index contributed by atoms with van der Waals surface area (Å²) < 4.78 is 5.86. The number of aryl methyl sites for hydroxylation is 1. The van der Waals surface area contributed by atoms with Crippen molar-refractivity contribution in [2.75, 3.05) is 6.61 Å². The molecule has 0 spiro atoms. The van der Waals surface area contributed by atoms with Gasteiger partial charge >= 0.3 is 0 Å². The van der Waals surface area contributed by atoms with Gasteiger partial charge in [-0.1, -0.05) is 98.5 Å². The number of allylic oxidation sites excluding steroid dienone is 1. The molecule has 194 valence electrons. The second-order valence-electron chi connectivity index (χ2n) is 9.43. The summed E-state index contributed by atoms with van der Waals surface area (Å²) in [5, 5.41) is 2.28. The van der Waals surface area contributed by atoms with Crippen molar-refractivity contribution in [3.63, 3.8) is 0 Å². The van der Waals surface area contributed by atoms with Crippen LogP contribution in [0.25, 0.3) is 11.6 Å². The van der Waals surface area contributed by atoms with Crippen LogP contribution in [0.5, 0.6) is 5.75 Å². The molecule has 3 aromatic carbocycles. The number of rotatable bonds is 14. The van der Waals surface area contributed by atoms with Crippen LogP contribution in [-0.2, 0) is 16.0 Å². The van der Waals surface area contributed by atoms with Crippen molar-refractivity contribution < 1.29 is 19.1 Å². The molecule has 0 saturated heterocycles. The van der Waals surface area contributed by atoms with Gasteiger partial charge in [-0.3, -0.25) is 19.7 Å². The summed E-state index contributed by atoms with van der Waals surface area (Å²) in [5.41, 5.74) is 4.11. The molecule has 0 saturated carbocycles. The molecule has 5 heteroatoms. The molecule has 3 aromatic rings. The third-order valence-electron chi connectivity index (χ3n) is 6.52. The fraction of sp³-hybridized carbons (Fsp3) is 0.242. The van der Waals surface area contributed by atoms with Gasteiger partial charge in [-0.05, 0) is 54.2 Å². The fourth-order valence-electron chi connectivity index (χ4n) is 4.35. The van der Waals surface area contributed by atoms with Gasteiger partial charge in [0, 0.05) is 11.6 Å². The van der Waals surface area contributed by atoms with Gasteiger partial charge in [0.05, 0.1) is 12.2 Å². The molecule has 0 atom stereocenters. The highest BCUT2D eigenvalue weighted by Gasteiger charge is 2.21. The third-order valence-corrected chi connectivity index (χ3v) is 6.52. The molecule has 5 nitrogen and oxygen atoms in total. The molecule has 1 aliphatic heterocycles. The fourth-order valence-corrected chi connectivity index (χ4v) is 4.35. The second kappa shape index (κ2) is 13.9. The van der Waals surface area contributed by atoms with Crippen molar-refractivity contribution in [3.8, 4) is 5.75 Å². The van der Waals surface area contributed by atoms with E-state index < -0.39 is 0 Å². The largest absolute Gasteiger partial charge is 0.494 e. The van der Waals surface area contributed by atoms with Gasteiger partial charge in [0.1, 0.15) is 5.75 Å². The Bertz CT molecular complexity index is 1290. The summed E-state index contributed by atoms with van der Waals surface area (Å²) in [7, 11) is 0. The Kier molecular flexibility index (Phi) is 9.80. The lowest BCUT2D eigenvalue weighted by Gasteiger charge is -2.07. The second-order valence-corrected chi connectivity index (χ2v) is 9.43. The molecule has 0 unspecified atom stereocenters. The first-order valence-corrected chi connectivity index (χ1v) is 13.3.